The molecule has 0 saturated heterocycles. The fourth-order valence-electron chi connectivity index (χ4n) is 1.25. The Balaban J connectivity index is 2.20. The van der Waals surface area contributed by atoms with E-state index in [-0.39, 0.29) is 5.69 Å². The molecule has 0 saturated carbocycles. The van der Waals surface area contributed by atoms with Crippen LogP contribution in [0.4, 0.5) is 11.4 Å². The second-order valence-electron chi connectivity index (χ2n) is 3.27. The van der Waals surface area contributed by atoms with Crippen LogP contribution in [0.3, 0.4) is 0 Å². The van der Waals surface area contributed by atoms with Gasteiger partial charge in [-0.3, -0.25) is 15.1 Å². The highest BCUT2D eigenvalue weighted by atomic mass is 32.2. The molecule has 0 radical (unpaired) electrons. The van der Waals surface area contributed by atoms with Gasteiger partial charge >= 0.3 is 0 Å². The van der Waals surface area contributed by atoms with Gasteiger partial charge in [-0.25, -0.2) is 0 Å². The number of nitro groups is 1. The van der Waals surface area contributed by atoms with Crippen LogP contribution in [0.15, 0.2) is 52.5 Å². The molecule has 0 unspecified atom stereocenters. The zero-order chi connectivity index (χ0) is 12.3. The third-order valence-corrected chi connectivity index (χ3v) is 3.19. The SMILES string of the molecule is Nc1cnccc1Sc1ccc([N+](=O)[O-])cc1. The highest BCUT2D eigenvalue weighted by Gasteiger charge is 2.06. The summed E-state index contributed by atoms with van der Waals surface area (Å²) in [7, 11) is 0. The van der Waals surface area contributed by atoms with E-state index in [0.29, 0.717) is 5.69 Å². The number of pyridine rings is 1. The monoisotopic (exact) mass is 247 g/mol. The van der Waals surface area contributed by atoms with E-state index in [0.717, 1.165) is 9.79 Å². The van der Waals surface area contributed by atoms with Crippen LogP contribution in [-0.4, -0.2) is 9.91 Å². The predicted molar refractivity (Wildman–Crippen MR) is 65.9 cm³/mol. The van der Waals surface area contributed by atoms with E-state index in [2.05, 4.69) is 4.98 Å². The van der Waals surface area contributed by atoms with Gasteiger partial charge in [0.25, 0.3) is 5.69 Å². The third kappa shape index (κ3) is 2.73. The largest absolute Gasteiger partial charge is 0.397 e. The van der Waals surface area contributed by atoms with Crippen molar-refractivity contribution in [1.82, 2.24) is 4.98 Å². The summed E-state index contributed by atoms with van der Waals surface area (Å²) >= 11 is 1.45. The Morgan fingerprint density at radius 3 is 2.53 bits per heavy atom. The van der Waals surface area contributed by atoms with Crippen molar-refractivity contribution in [3.63, 3.8) is 0 Å². The smallest absolute Gasteiger partial charge is 0.269 e. The number of hydrogen-bond donors (Lipinski definition) is 1. The minimum absolute atomic E-state index is 0.0806. The molecule has 1 heterocycles. The van der Waals surface area contributed by atoms with Gasteiger partial charge in [-0.15, -0.1) is 0 Å². The molecule has 0 atom stereocenters. The van der Waals surface area contributed by atoms with Crippen molar-refractivity contribution < 1.29 is 4.92 Å². The van der Waals surface area contributed by atoms with Crippen LogP contribution in [0.25, 0.3) is 0 Å². The first-order chi connectivity index (χ1) is 8.16. The Hall–Kier alpha value is -2.08. The highest BCUT2D eigenvalue weighted by Crippen LogP contribution is 2.31. The average Bonchev–Trinajstić information content (AvgIpc) is 2.33. The average molecular weight is 247 g/mol. The van der Waals surface area contributed by atoms with Crippen LogP contribution in [-0.2, 0) is 0 Å². The second kappa shape index (κ2) is 4.84. The van der Waals surface area contributed by atoms with Crippen LogP contribution in [0.2, 0.25) is 0 Å². The maximum atomic E-state index is 10.5. The lowest BCUT2D eigenvalue weighted by atomic mass is 10.3. The van der Waals surface area contributed by atoms with Crippen molar-refractivity contribution in [2.75, 3.05) is 5.73 Å². The summed E-state index contributed by atoms with van der Waals surface area (Å²) in [4.78, 5) is 15.7. The number of non-ortho nitro benzene ring substituents is 1. The van der Waals surface area contributed by atoms with Gasteiger partial charge in [0.1, 0.15) is 0 Å². The zero-order valence-corrected chi connectivity index (χ0v) is 9.55. The van der Waals surface area contributed by atoms with Crippen molar-refractivity contribution in [2.45, 2.75) is 9.79 Å². The lowest BCUT2D eigenvalue weighted by Crippen LogP contribution is -1.89. The molecule has 0 aliphatic rings. The quantitative estimate of drug-likeness (QED) is 0.666. The number of nitrogens with zero attached hydrogens (tertiary/aromatic N) is 2. The topological polar surface area (TPSA) is 82.0 Å². The Kier molecular flexibility index (Phi) is 3.24. The molecule has 1 aromatic carbocycles. The van der Waals surface area contributed by atoms with Gasteiger partial charge in [0, 0.05) is 28.1 Å². The fourth-order valence-corrected chi connectivity index (χ4v) is 2.08. The van der Waals surface area contributed by atoms with E-state index in [1.54, 1.807) is 30.6 Å². The molecule has 0 spiro atoms. The lowest BCUT2D eigenvalue weighted by Gasteiger charge is -2.03. The molecule has 0 bridgehead atoms. The third-order valence-electron chi connectivity index (χ3n) is 2.09. The molecule has 2 rings (SSSR count). The van der Waals surface area contributed by atoms with Crippen molar-refractivity contribution >= 4 is 23.1 Å². The van der Waals surface area contributed by atoms with Gasteiger partial charge in [-0.1, -0.05) is 11.8 Å². The Labute approximate surface area is 102 Å². The number of nitro benzene ring substituents is 1. The van der Waals surface area contributed by atoms with E-state index < -0.39 is 4.92 Å². The van der Waals surface area contributed by atoms with E-state index in [4.69, 9.17) is 5.73 Å². The number of hydrogen-bond acceptors (Lipinski definition) is 5. The number of anilines is 1. The molecule has 17 heavy (non-hydrogen) atoms. The number of aromatic nitrogens is 1. The van der Waals surface area contributed by atoms with Crippen LogP contribution in [0.5, 0.6) is 0 Å². The molecule has 0 amide bonds. The zero-order valence-electron chi connectivity index (χ0n) is 8.74. The van der Waals surface area contributed by atoms with Crippen molar-refractivity contribution in [2.24, 2.45) is 0 Å². The van der Waals surface area contributed by atoms with Gasteiger partial charge in [-0.2, -0.15) is 0 Å². The summed E-state index contributed by atoms with van der Waals surface area (Å²) < 4.78 is 0. The molecule has 2 aromatic rings. The molecule has 0 aliphatic heterocycles. The summed E-state index contributed by atoms with van der Waals surface area (Å²) in [6, 6.07) is 8.15. The number of nitrogen functional groups attached to an aromatic ring is 1. The van der Waals surface area contributed by atoms with E-state index in [1.165, 1.54) is 23.9 Å². The first-order valence-electron chi connectivity index (χ1n) is 4.78. The summed E-state index contributed by atoms with van der Waals surface area (Å²) in [5, 5.41) is 10.5. The minimum Gasteiger partial charge on any atom is -0.397 e. The highest BCUT2D eigenvalue weighted by molar-refractivity contribution is 7.99. The van der Waals surface area contributed by atoms with Gasteiger partial charge in [0.05, 0.1) is 16.8 Å². The summed E-state index contributed by atoms with van der Waals surface area (Å²) in [5.41, 5.74) is 6.43. The molecular formula is C11H9N3O2S. The van der Waals surface area contributed by atoms with Gasteiger partial charge < -0.3 is 5.73 Å². The molecule has 86 valence electrons. The van der Waals surface area contributed by atoms with Crippen LogP contribution in [0.1, 0.15) is 0 Å². The van der Waals surface area contributed by atoms with E-state index in [9.17, 15) is 10.1 Å². The first kappa shape index (κ1) is 11.4. The summed E-state index contributed by atoms with van der Waals surface area (Å²) in [5.74, 6) is 0. The second-order valence-corrected chi connectivity index (χ2v) is 4.38. The Morgan fingerprint density at radius 1 is 1.24 bits per heavy atom. The normalized spacial score (nSPS) is 10.1. The number of benzene rings is 1. The van der Waals surface area contributed by atoms with E-state index in [1.807, 2.05) is 0 Å². The van der Waals surface area contributed by atoms with Crippen LogP contribution >= 0.6 is 11.8 Å². The molecule has 6 heteroatoms. The molecular weight excluding hydrogens is 238 g/mol. The molecule has 1 aromatic heterocycles. The van der Waals surface area contributed by atoms with Gasteiger partial charge in [0.15, 0.2) is 0 Å². The maximum absolute atomic E-state index is 10.5. The number of nitrogens with two attached hydrogens (primary N) is 1. The maximum Gasteiger partial charge on any atom is 0.269 e. The van der Waals surface area contributed by atoms with Crippen molar-refractivity contribution in [1.29, 1.82) is 0 Å². The van der Waals surface area contributed by atoms with Gasteiger partial charge in [-0.05, 0) is 18.2 Å². The van der Waals surface area contributed by atoms with Crippen LogP contribution in [0, 0.1) is 10.1 Å². The molecule has 0 aliphatic carbocycles. The first-order valence-corrected chi connectivity index (χ1v) is 5.60. The standard InChI is InChI=1S/C11H9N3O2S/c12-10-7-13-6-5-11(10)17-9-3-1-8(2-4-9)14(15)16/h1-7H,12H2. The molecule has 2 N–H and O–H groups in total. The summed E-state index contributed by atoms with van der Waals surface area (Å²) in [6.07, 6.45) is 3.23. The van der Waals surface area contributed by atoms with Crippen LogP contribution < -0.4 is 5.73 Å². The summed E-state index contributed by atoms with van der Waals surface area (Å²) in [6.45, 7) is 0. The van der Waals surface area contributed by atoms with Crippen molar-refractivity contribution in [3.8, 4) is 0 Å². The minimum atomic E-state index is -0.421. The molecule has 5 nitrogen and oxygen atoms in total. The Morgan fingerprint density at radius 2 is 1.94 bits per heavy atom. The van der Waals surface area contributed by atoms with Gasteiger partial charge in [0.2, 0.25) is 0 Å². The lowest BCUT2D eigenvalue weighted by molar-refractivity contribution is -0.384. The predicted octanol–water partition coefficient (Wildman–Crippen LogP) is 2.72. The van der Waals surface area contributed by atoms with Crippen molar-refractivity contribution in [3.05, 3.63) is 52.8 Å². The Bertz CT molecular complexity index is 543. The fraction of sp³-hybridized carbons (Fsp3) is 0. The number of rotatable bonds is 3. The molecule has 0 fully saturated rings. The van der Waals surface area contributed by atoms with E-state index >= 15 is 0 Å².